The first-order valence-corrected chi connectivity index (χ1v) is 9.88. The molecule has 0 fully saturated rings. The predicted octanol–water partition coefficient (Wildman–Crippen LogP) is 4.02. The standard InChI is InChI=1S/C22H24N6O2.2H2/c1-2-30-14-18-27-19-20(16-10-6-7-11-17(16)26-21(19)23)28(18)13-12-24-22(29)25-15-8-4-3-5-9-15;;/h3-11H,2,12-14H2,1H3,(H2,23,26)(H2,24,25,29);2*1H. The molecule has 0 saturated carbocycles. The van der Waals surface area contributed by atoms with Gasteiger partial charge < -0.3 is 25.7 Å². The molecule has 0 spiro atoms. The van der Waals surface area contributed by atoms with E-state index in [-0.39, 0.29) is 8.88 Å². The number of pyridine rings is 1. The summed E-state index contributed by atoms with van der Waals surface area (Å²) in [7, 11) is 0. The van der Waals surface area contributed by atoms with Crippen molar-refractivity contribution in [1.29, 1.82) is 0 Å². The topological polar surface area (TPSA) is 107 Å². The molecule has 158 valence electrons. The van der Waals surface area contributed by atoms with E-state index >= 15 is 0 Å². The Bertz CT molecular complexity index is 1180. The average molecular weight is 409 g/mol. The van der Waals surface area contributed by atoms with E-state index in [0.29, 0.717) is 37.6 Å². The maximum Gasteiger partial charge on any atom is 0.319 e. The number of carbonyl (C=O) groups is 1. The van der Waals surface area contributed by atoms with Gasteiger partial charge in [0.1, 0.15) is 17.9 Å². The number of imidazole rings is 1. The molecule has 0 atom stereocenters. The number of fused-ring (bicyclic) bond motifs is 3. The van der Waals surface area contributed by atoms with Crippen molar-refractivity contribution in [1.82, 2.24) is 19.9 Å². The van der Waals surface area contributed by atoms with Crippen LogP contribution in [0.5, 0.6) is 0 Å². The maximum absolute atomic E-state index is 12.2. The molecule has 2 heterocycles. The molecule has 2 aromatic carbocycles. The van der Waals surface area contributed by atoms with E-state index in [0.717, 1.165) is 27.9 Å². The molecule has 0 aliphatic rings. The van der Waals surface area contributed by atoms with E-state index in [9.17, 15) is 4.79 Å². The number of amides is 2. The van der Waals surface area contributed by atoms with E-state index in [1.807, 2.05) is 66.1 Å². The van der Waals surface area contributed by atoms with Gasteiger partial charge >= 0.3 is 6.03 Å². The quantitative estimate of drug-likeness (QED) is 0.428. The lowest BCUT2D eigenvalue weighted by Gasteiger charge is -2.12. The number of aromatic nitrogens is 3. The number of anilines is 2. The highest BCUT2D eigenvalue weighted by atomic mass is 16.5. The Balaban J connectivity index is 0.00000181. The Hall–Kier alpha value is -3.65. The third kappa shape index (κ3) is 4.04. The van der Waals surface area contributed by atoms with Gasteiger partial charge in [0.25, 0.3) is 0 Å². The van der Waals surface area contributed by atoms with Crippen LogP contribution in [0.15, 0.2) is 54.6 Å². The number of nitrogens with two attached hydrogens (primary N) is 1. The Morgan fingerprint density at radius 3 is 2.70 bits per heavy atom. The number of carbonyl (C=O) groups excluding carboxylic acids is 1. The smallest absolute Gasteiger partial charge is 0.319 e. The van der Waals surface area contributed by atoms with Gasteiger partial charge in [-0.25, -0.2) is 14.8 Å². The fraction of sp³-hybridized carbons (Fsp3) is 0.227. The van der Waals surface area contributed by atoms with E-state index in [4.69, 9.17) is 10.5 Å². The number of benzene rings is 2. The van der Waals surface area contributed by atoms with Gasteiger partial charge in [-0.15, -0.1) is 0 Å². The normalized spacial score (nSPS) is 11.1. The molecular weight excluding hydrogens is 380 g/mol. The van der Waals surface area contributed by atoms with Crippen LogP contribution in [0.25, 0.3) is 21.9 Å². The SMILES string of the molecule is CCOCc1nc2c(N)nc3ccccc3c2n1CCNC(=O)Nc1ccccc1.[HH].[HH]. The van der Waals surface area contributed by atoms with Crippen LogP contribution in [0.3, 0.4) is 0 Å². The summed E-state index contributed by atoms with van der Waals surface area (Å²) in [5.41, 5.74) is 9.29. The van der Waals surface area contributed by atoms with Crippen LogP contribution in [-0.4, -0.2) is 33.7 Å². The first-order valence-electron chi connectivity index (χ1n) is 9.88. The van der Waals surface area contributed by atoms with Gasteiger partial charge in [-0.2, -0.15) is 0 Å². The van der Waals surface area contributed by atoms with Crippen molar-refractivity contribution in [2.45, 2.75) is 20.1 Å². The van der Waals surface area contributed by atoms with E-state index in [2.05, 4.69) is 20.6 Å². The number of urea groups is 1. The van der Waals surface area contributed by atoms with Crippen LogP contribution >= 0.6 is 0 Å². The van der Waals surface area contributed by atoms with Crippen LogP contribution in [0.1, 0.15) is 15.6 Å². The summed E-state index contributed by atoms with van der Waals surface area (Å²) in [6.07, 6.45) is 0. The lowest BCUT2D eigenvalue weighted by atomic mass is 10.2. The Labute approximate surface area is 177 Å². The third-order valence-electron chi connectivity index (χ3n) is 4.78. The van der Waals surface area contributed by atoms with Gasteiger partial charge in [0.2, 0.25) is 0 Å². The molecule has 30 heavy (non-hydrogen) atoms. The average Bonchev–Trinajstić information content (AvgIpc) is 3.12. The zero-order chi connectivity index (χ0) is 20.9. The number of para-hydroxylation sites is 2. The summed E-state index contributed by atoms with van der Waals surface area (Å²) in [4.78, 5) is 21.4. The number of ether oxygens (including phenoxy) is 1. The van der Waals surface area contributed by atoms with Crippen LogP contribution in [0.4, 0.5) is 16.3 Å². The molecule has 0 unspecified atom stereocenters. The fourth-order valence-corrected chi connectivity index (χ4v) is 3.43. The molecule has 4 aromatic rings. The van der Waals surface area contributed by atoms with Crippen molar-refractivity contribution >= 4 is 39.5 Å². The molecule has 8 nitrogen and oxygen atoms in total. The van der Waals surface area contributed by atoms with Crippen LogP contribution in [-0.2, 0) is 17.9 Å². The largest absolute Gasteiger partial charge is 0.382 e. The van der Waals surface area contributed by atoms with Crippen molar-refractivity contribution in [3.05, 3.63) is 60.4 Å². The molecule has 0 aliphatic heterocycles. The summed E-state index contributed by atoms with van der Waals surface area (Å²) in [6, 6.07) is 16.9. The van der Waals surface area contributed by atoms with Gasteiger partial charge in [-0.1, -0.05) is 36.4 Å². The highest BCUT2D eigenvalue weighted by Crippen LogP contribution is 2.28. The summed E-state index contributed by atoms with van der Waals surface area (Å²) < 4.78 is 7.65. The van der Waals surface area contributed by atoms with Crippen molar-refractivity contribution in [2.75, 3.05) is 24.2 Å². The second kappa shape index (κ2) is 8.79. The molecule has 4 rings (SSSR count). The van der Waals surface area contributed by atoms with Crippen LogP contribution in [0.2, 0.25) is 0 Å². The van der Waals surface area contributed by atoms with Crippen molar-refractivity contribution in [2.24, 2.45) is 0 Å². The molecular formula is C22H28N6O2. The molecule has 4 N–H and O–H groups in total. The number of nitrogens with zero attached hydrogens (tertiary/aromatic N) is 3. The van der Waals surface area contributed by atoms with Gasteiger partial charge in [0.05, 0.1) is 11.0 Å². The molecule has 2 aromatic heterocycles. The number of rotatable bonds is 7. The number of nitrogens with one attached hydrogen (secondary N) is 2. The van der Waals surface area contributed by atoms with Gasteiger partial charge in [0, 0.05) is 33.6 Å². The minimum atomic E-state index is -0.261. The van der Waals surface area contributed by atoms with Crippen molar-refractivity contribution < 1.29 is 12.4 Å². The van der Waals surface area contributed by atoms with Crippen LogP contribution < -0.4 is 16.4 Å². The summed E-state index contributed by atoms with van der Waals surface area (Å²) in [5, 5.41) is 6.67. The first kappa shape index (κ1) is 19.7. The number of hydrogen-bond acceptors (Lipinski definition) is 5. The molecule has 0 saturated heterocycles. The monoisotopic (exact) mass is 408 g/mol. The zero-order valence-corrected chi connectivity index (χ0v) is 16.8. The van der Waals surface area contributed by atoms with Gasteiger partial charge in [0.15, 0.2) is 5.82 Å². The lowest BCUT2D eigenvalue weighted by molar-refractivity contribution is 0.126. The Morgan fingerprint density at radius 2 is 1.90 bits per heavy atom. The van der Waals surface area contributed by atoms with Crippen LogP contribution in [0, 0.1) is 0 Å². The van der Waals surface area contributed by atoms with Gasteiger partial charge in [-0.05, 0) is 25.1 Å². The minimum absolute atomic E-state index is 0. The second-order valence-corrected chi connectivity index (χ2v) is 6.78. The Kier molecular flexibility index (Phi) is 5.76. The molecule has 8 heteroatoms. The highest BCUT2D eigenvalue weighted by molar-refractivity contribution is 6.06. The molecule has 0 bridgehead atoms. The zero-order valence-electron chi connectivity index (χ0n) is 16.8. The minimum Gasteiger partial charge on any atom is -0.382 e. The van der Waals surface area contributed by atoms with Crippen molar-refractivity contribution in [3.63, 3.8) is 0 Å². The Morgan fingerprint density at radius 1 is 1.13 bits per heavy atom. The summed E-state index contributed by atoms with van der Waals surface area (Å²) in [5.74, 6) is 1.14. The lowest BCUT2D eigenvalue weighted by Crippen LogP contribution is -2.31. The number of nitrogen functional groups attached to an aromatic ring is 1. The predicted molar refractivity (Wildman–Crippen MR) is 122 cm³/mol. The summed E-state index contributed by atoms with van der Waals surface area (Å²) in [6.45, 7) is 3.81. The van der Waals surface area contributed by atoms with E-state index in [1.54, 1.807) is 0 Å². The van der Waals surface area contributed by atoms with Gasteiger partial charge in [-0.3, -0.25) is 0 Å². The molecule has 0 radical (unpaired) electrons. The highest BCUT2D eigenvalue weighted by Gasteiger charge is 2.17. The summed E-state index contributed by atoms with van der Waals surface area (Å²) >= 11 is 0. The number of hydrogen-bond donors (Lipinski definition) is 3. The molecule has 0 aliphatic carbocycles. The second-order valence-electron chi connectivity index (χ2n) is 6.78. The van der Waals surface area contributed by atoms with E-state index in [1.165, 1.54) is 0 Å². The maximum atomic E-state index is 12.2. The van der Waals surface area contributed by atoms with Crippen molar-refractivity contribution in [3.8, 4) is 0 Å². The first-order chi connectivity index (χ1) is 14.7. The third-order valence-corrected chi connectivity index (χ3v) is 4.78. The molecule has 2 amide bonds. The fourth-order valence-electron chi connectivity index (χ4n) is 3.43. The van der Waals surface area contributed by atoms with E-state index < -0.39 is 0 Å².